The molecular weight excluding hydrogens is 390 g/mol. The molecular formula is C21H23N3O4S. The Labute approximate surface area is 172 Å². The van der Waals surface area contributed by atoms with Gasteiger partial charge in [-0.2, -0.15) is 5.10 Å². The normalized spacial score (nSPS) is 11.7. The zero-order chi connectivity index (χ0) is 20.8. The van der Waals surface area contributed by atoms with Gasteiger partial charge in [0.1, 0.15) is 5.69 Å². The molecule has 0 aliphatic carbocycles. The van der Waals surface area contributed by atoms with Gasteiger partial charge in [-0.3, -0.25) is 9.59 Å². The Hall–Kier alpha value is -3.13. The van der Waals surface area contributed by atoms with Gasteiger partial charge in [-0.25, -0.2) is 4.68 Å². The van der Waals surface area contributed by atoms with Gasteiger partial charge in [-0.05, 0) is 49.1 Å². The molecule has 3 rings (SSSR count). The van der Waals surface area contributed by atoms with Crippen LogP contribution in [0.3, 0.4) is 0 Å². The lowest BCUT2D eigenvalue weighted by Crippen LogP contribution is -2.39. The van der Waals surface area contributed by atoms with E-state index in [9.17, 15) is 9.59 Å². The van der Waals surface area contributed by atoms with E-state index in [1.807, 2.05) is 36.6 Å². The average Bonchev–Trinajstić information content (AvgIpc) is 3.25. The molecule has 0 fully saturated rings. The summed E-state index contributed by atoms with van der Waals surface area (Å²) in [6.45, 7) is 4.14. The second kappa shape index (κ2) is 9.38. The Bertz CT molecular complexity index is 1030. The third kappa shape index (κ3) is 5.23. The van der Waals surface area contributed by atoms with Gasteiger partial charge >= 0.3 is 0 Å². The monoisotopic (exact) mass is 413 g/mol. The number of hydrogen-bond donors (Lipinski definition) is 1. The summed E-state index contributed by atoms with van der Waals surface area (Å²) in [5.41, 5.74) is 1.55. The lowest BCUT2D eigenvalue weighted by atomic mass is 10.2. The molecule has 1 unspecified atom stereocenters. The highest BCUT2D eigenvalue weighted by Crippen LogP contribution is 2.28. The summed E-state index contributed by atoms with van der Waals surface area (Å²) >= 11 is 1.55. The molecule has 1 amide bonds. The lowest BCUT2D eigenvalue weighted by molar-refractivity contribution is -0.127. The number of nitrogens with zero attached hydrogens (tertiary/aromatic N) is 2. The molecule has 3 aromatic rings. The van der Waals surface area contributed by atoms with E-state index in [4.69, 9.17) is 9.47 Å². The number of methoxy groups -OCH3 is 1. The summed E-state index contributed by atoms with van der Waals surface area (Å²) in [5.74, 6) is 0.795. The molecule has 1 atom stereocenters. The second-order valence-corrected chi connectivity index (χ2v) is 7.41. The van der Waals surface area contributed by atoms with Gasteiger partial charge in [0.25, 0.3) is 11.5 Å². The molecule has 0 aliphatic heterocycles. The van der Waals surface area contributed by atoms with Gasteiger partial charge in [0, 0.05) is 12.6 Å². The Morgan fingerprint density at radius 3 is 2.79 bits per heavy atom. The number of thiophene rings is 1. The molecule has 1 aromatic carbocycles. The quantitative estimate of drug-likeness (QED) is 0.614. The minimum Gasteiger partial charge on any atom is -0.493 e. The Morgan fingerprint density at radius 2 is 2.07 bits per heavy atom. The number of ether oxygens (including phenoxy) is 2. The van der Waals surface area contributed by atoms with Gasteiger partial charge < -0.3 is 14.8 Å². The maximum atomic E-state index is 12.4. The fraction of sp³-hybridized carbons (Fsp3) is 0.286. The molecule has 0 radical (unpaired) electrons. The molecule has 2 aromatic heterocycles. The fourth-order valence-electron chi connectivity index (χ4n) is 2.71. The van der Waals surface area contributed by atoms with Crippen LogP contribution in [0.4, 0.5) is 0 Å². The van der Waals surface area contributed by atoms with E-state index < -0.39 is 6.10 Å². The van der Waals surface area contributed by atoms with Gasteiger partial charge in [-0.15, -0.1) is 11.3 Å². The van der Waals surface area contributed by atoms with Gasteiger partial charge in [0.05, 0.1) is 18.5 Å². The summed E-state index contributed by atoms with van der Waals surface area (Å²) < 4.78 is 12.4. The summed E-state index contributed by atoms with van der Waals surface area (Å²) in [5, 5.41) is 9.11. The van der Waals surface area contributed by atoms with Crippen molar-refractivity contribution < 1.29 is 14.3 Å². The van der Waals surface area contributed by atoms with Crippen LogP contribution in [-0.4, -0.2) is 35.4 Å². The number of carbonyl (C=O) groups is 1. The SMILES string of the molecule is COc1cc(C)ccc1OC(C)C(=O)NCCn1nc(-c2cccs2)ccc1=O. The van der Waals surface area contributed by atoms with Crippen molar-refractivity contribution in [2.75, 3.05) is 13.7 Å². The number of rotatable bonds is 8. The van der Waals surface area contributed by atoms with Crippen LogP contribution in [0.1, 0.15) is 12.5 Å². The Balaban J connectivity index is 1.57. The molecule has 29 heavy (non-hydrogen) atoms. The largest absolute Gasteiger partial charge is 0.493 e. The smallest absolute Gasteiger partial charge is 0.266 e. The van der Waals surface area contributed by atoms with E-state index in [-0.39, 0.29) is 24.6 Å². The highest BCUT2D eigenvalue weighted by atomic mass is 32.1. The predicted molar refractivity (Wildman–Crippen MR) is 113 cm³/mol. The zero-order valence-corrected chi connectivity index (χ0v) is 17.4. The summed E-state index contributed by atoms with van der Waals surface area (Å²) in [4.78, 5) is 25.4. The first-order valence-corrected chi connectivity index (χ1v) is 10.1. The first-order valence-electron chi connectivity index (χ1n) is 9.19. The molecule has 0 spiro atoms. The predicted octanol–water partition coefficient (Wildman–Crippen LogP) is 2.87. The van der Waals surface area contributed by atoms with Gasteiger partial charge in [0.15, 0.2) is 17.6 Å². The summed E-state index contributed by atoms with van der Waals surface area (Å²) in [6.07, 6.45) is -0.714. The number of aromatic nitrogens is 2. The number of aryl methyl sites for hydroxylation is 1. The van der Waals surface area contributed by atoms with Gasteiger partial charge in [-0.1, -0.05) is 12.1 Å². The van der Waals surface area contributed by atoms with E-state index in [1.54, 1.807) is 37.5 Å². The average molecular weight is 413 g/mol. The highest BCUT2D eigenvalue weighted by molar-refractivity contribution is 7.13. The summed E-state index contributed by atoms with van der Waals surface area (Å²) in [6, 6.07) is 12.6. The Morgan fingerprint density at radius 1 is 1.24 bits per heavy atom. The van der Waals surface area contributed by atoms with Crippen molar-refractivity contribution in [1.82, 2.24) is 15.1 Å². The van der Waals surface area contributed by atoms with Crippen molar-refractivity contribution in [3.63, 3.8) is 0 Å². The number of benzene rings is 1. The number of nitrogens with one attached hydrogen (secondary N) is 1. The van der Waals surface area contributed by atoms with Crippen LogP contribution in [0, 0.1) is 6.92 Å². The van der Waals surface area contributed by atoms with E-state index in [2.05, 4.69) is 10.4 Å². The molecule has 8 heteroatoms. The molecule has 0 aliphatic rings. The third-order valence-corrected chi connectivity index (χ3v) is 5.15. The topological polar surface area (TPSA) is 82.4 Å². The first kappa shape index (κ1) is 20.6. The molecule has 7 nitrogen and oxygen atoms in total. The third-order valence-electron chi connectivity index (χ3n) is 4.26. The van der Waals surface area contributed by atoms with Crippen LogP contribution in [-0.2, 0) is 11.3 Å². The maximum Gasteiger partial charge on any atom is 0.266 e. The van der Waals surface area contributed by atoms with Crippen molar-refractivity contribution in [2.45, 2.75) is 26.5 Å². The van der Waals surface area contributed by atoms with E-state index in [0.717, 1.165) is 16.1 Å². The minimum absolute atomic E-state index is 0.215. The lowest BCUT2D eigenvalue weighted by Gasteiger charge is -2.17. The van der Waals surface area contributed by atoms with Crippen LogP contribution in [0.25, 0.3) is 10.6 Å². The molecule has 2 heterocycles. The van der Waals surface area contributed by atoms with E-state index in [0.29, 0.717) is 11.5 Å². The molecule has 152 valence electrons. The van der Waals surface area contributed by atoms with Gasteiger partial charge in [0.2, 0.25) is 0 Å². The van der Waals surface area contributed by atoms with E-state index >= 15 is 0 Å². The number of hydrogen-bond acceptors (Lipinski definition) is 6. The zero-order valence-electron chi connectivity index (χ0n) is 16.5. The molecule has 1 N–H and O–H groups in total. The van der Waals surface area contributed by atoms with Crippen LogP contribution < -0.4 is 20.3 Å². The molecule has 0 bridgehead atoms. The summed E-state index contributed by atoms with van der Waals surface area (Å²) in [7, 11) is 1.56. The van der Waals surface area contributed by atoms with Crippen molar-refractivity contribution >= 4 is 17.2 Å². The fourth-order valence-corrected chi connectivity index (χ4v) is 3.40. The first-order chi connectivity index (χ1) is 14.0. The molecule has 0 saturated heterocycles. The van der Waals surface area contributed by atoms with E-state index in [1.165, 1.54) is 10.7 Å². The van der Waals surface area contributed by atoms with Crippen molar-refractivity contribution in [1.29, 1.82) is 0 Å². The Kier molecular flexibility index (Phi) is 6.66. The van der Waals surface area contributed by atoms with Crippen LogP contribution >= 0.6 is 11.3 Å². The highest BCUT2D eigenvalue weighted by Gasteiger charge is 2.16. The number of amides is 1. The van der Waals surface area contributed by atoms with Crippen LogP contribution in [0.15, 0.2) is 52.6 Å². The van der Waals surface area contributed by atoms with Crippen molar-refractivity contribution in [3.8, 4) is 22.1 Å². The van der Waals surface area contributed by atoms with Crippen LogP contribution in [0.5, 0.6) is 11.5 Å². The minimum atomic E-state index is -0.714. The van der Waals surface area contributed by atoms with Crippen molar-refractivity contribution in [3.05, 3.63) is 63.8 Å². The second-order valence-electron chi connectivity index (χ2n) is 6.46. The number of carbonyl (C=O) groups excluding carboxylic acids is 1. The standard InChI is InChI=1S/C21H23N3O4S/c1-14-6-8-17(18(13-14)27-3)28-15(2)21(26)22-10-11-24-20(25)9-7-16(23-24)19-5-4-12-29-19/h4-9,12-13,15H,10-11H2,1-3H3,(H,22,26). The molecule has 0 saturated carbocycles. The van der Waals surface area contributed by atoms with Crippen molar-refractivity contribution in [2.24, 2.45) is 0 Å². The maximum absolute atomic E-state index is 12.4. The van der Waals surface area contributed by atoms with Crippen LogP contribution in [0.2, 0.25) is 0 Å².